The third-order valence-corrected chi connectivity index (χ3v) is 5.27. The van der Waals surface area contributed by atoms with Crippen molar-refractivity contribution in [1.29, 1.82) is 0 Å². The molecule has 31 heavy (non-hydrogen) atoms. The number of anilines is 2. The number of morpholine rings is 1. The number of phosphoric acid groups is 1. The largest absolute Gasteiger partial charge is 0.756 e. The summed E-state index contributed by atoms with van der Waals surface area (Å²) in [4.78, 5) is 26.3. The van der Waals surface area contributed by atoms with Crippen LogP contribution in [0.25, 0.3) is 11.3 Å². The Morgan fingerprint density at radius 3 is 2.84 bits per heavy atom. The first kappa shape index (κ1) is 21.4. The second kappa shape index (κ2) is 9.13. The minimum Gasteiger partial charge on any atom is -0.756 e. The van der Waals surface area contributed by atoms with Gasteiger partial charge >= 0.3 is 0 Å². The molecular weight excluding hydrogens is 425 g/mol. The maximum absolute atomic E-state index is 10.8. The Bertz CT molecular complexity index is 1080. The van der Waals surface area contributed by atoms with E-state index in [1.54, 1.807) is 18.2 Å². The maximum Gasteiger partial charge on any atom is 0.285 e. The number of nitrogen functional groups attached to an aromatic ring is 1. The summed E-state index contributed by atoms with van der Waals surface area (Å²) in [5.41, 5.74) is 8.29. The van der Waals surface area contributed by atoms with Crippen LogP contribution in [-0.4, -0.2) is 41.3 Å². The quantitative estimate of drug-likeness (QED) is 0.386. The summed E-state index contributed by atoms with van der Waals surface area (Å²) in [6, 6.07) is 9.11. The zero-order valence-electron chi connectivity index (χ0n) is 16.6. The van der Waals surface area contributed by atoms with Crippen molar-refractivity contribution in [2.24, 2.45) is 0 Å². The number of hydrogen-bond acceptors (Lipinski definition) is 9. The van der Waals surface area contributed by atoms with Gasteiger partial charge in [0.05, 0.1) is 25.1 Å². The van der Waals surface area contributed by atoms with Crippen LogP contribution in [0.3, 0.4) is 0 Å². The third-order valence-electron chi connectivity index (χ3n) is 4.83. The highest BCUT2D eigenvalue weighted by Crippen LogP contribution is 2.30. The van der Waals surface area contributed by atoms with Crippen LogP contribution < -0.4 is 20.1 Å². The molecule has 0 aliphatic carbocycles. The molecular formula is C19H22N5O6P. The van der Waals surface area contributed by atoms with Crippen LogP contribution in [0.4, 0.5) is 11.6 Å². The van der Waals surface area contributed by atoms with E-state index in [0.717, 1.165) is 24.5 Å². The van der Waals surface area contributed by atoms with Crippen molar-refractivity contribution in [3.63, 3.8) is 0 Å². The summed E-state index contributed by atoms with van der Waals surface area (Å²) < 4.78 is 27.3. The Kier molecular flexibility index (Phi) is 6.30. The molecule has 1 atom stereocenters. The van der Waals surface area contributed by atoms with Crippen molar-refractivity contribution in [2.45, 2.75) is 13.2 Å². The molecule has 0 radical (unpaired) electrons. The maximum atomic E-state index is 10.8. The van der Waals surface area contributed by atoms with Crippen molar-refractivity contribution in [2.75, 3.05) is 36.9 Å². The predicted molar refractivity (Wildman–Crippen MR) is 108 cm³/mol. The van der Waals surface area contributed by atoms with Crippen LogP contribution in [-0.2, 0) is 27.0 Å². The molecule has 11 nitrogen and oxygen atoms in total. The lowest BCUT2D eigenvalue weighted by Gasteiger charge is -2.27. The van der Waals surface area contributed by atoms with Crippen LogP contribution in [0, 0.1) is 0 Å². The Labute approximate surface area is 178 Å². The molecule has 12 heteroatoms. The van der Waals surface area contributed by atoms with Gasteiger partial charge in [-0.1, -0.05) is 11.2 Å². The number of nitrogens with two attached hydrogens (primary N) is 1. The zero-order chi connectivity index (χ0) is 21.8. The summed E-state index contributed by atoms with van der Waals surface area (Å²) in [7, 11) is -4.86. The standard InChI is InChI=1S/C19H22N5O6P/c20-19-16(2-1-5-24(19)13-29-31(25,26)27)17-11-15(22-30-17)10-14-3-4-18(21-12-14)23-6-8-28-9-7-23/h1-5,11-12,20H,6-10,13H2,(H2,25,26,27). The highest BCUT2D eigenvalue weighted by molar-refractivity contribution is 7.44. The van der Waals surface area contributed by atoms with Gasteiger partial charge in [-0.3, -0.25) is 14.8 Å². The average molecular weight is 447 g/mol. The molecule has 3 N–H and O–H groups in total. The van der Waals surface area contributed by atoms with Crippen LogP contribution in [0.5, 0.6) is 0 Å². The lowest BCUT2D eigenvalue weighted by molar-refractivity contribution is -0.712. The molecule has 3 aromatic heterocycles. The van der Waals surface area contributed by atoms with E-state index in [-0.39, 0.29) is 5.82 Å². The number of ether oxygens (including phenoxy) is 1. The second-order valence-electron chi connectivity index (χ2n) is 6.99. The van der Waals surface area contributed by atoms with Crippen molar-refractivity contribution in [3.05, 3.63) is 54.0 Å². The topological polar surface area (TPSA) is 151 Å². The highest BCUT2D eigenvalue weighted by atomic mass is 31.2. The van der Waals surface area contributed by atoms with Gasteiger partial charge < -0.3 is 23.9 Å². The van der Waals surface area contributed by atoms with E-state index in [1.165, 1.54) is 10.8 Å². The Morgan fingerprint density at radius 1 is 1.32 bits per heavy atom. The highest BCUT2D eigenvalue weighted by Gasteiger charge is 2.18. The minimum absolute atomic E-state index is 0.204. The Morgan fingerprint density at radius 2 is 2.13 bits per heavy atom. The van der Waals surface area contributed by atoms with Gasteiger partial charge in [-0.2, -0.15) is 0 Å². The molecule has 3 aromatic rings. The second-order valence-corrected chi connectivity index (χ2v) is 8.18. The van der Waals surface area contributed by atoms with Crippen molar-refractivity contribution in [3.8, 4) is 11.3 Å². The fourth-order valence-electron chi connectivity index (χ4n) is 3.25. The normalized spacial score (nSPS) is 16.3. The van der Waals surface area contributed by atoms with E-state index >= 15 is 0 Å². The molecule has 164 valence electrons. The molecule has 0 bridgehead atoms. The fraction of sp³-hybridized carbons (Fsp3) is 0.316. The van der Waals surface area contributed by atoms with Gasteiger partial charge in [-0.15, -0.1) is 0 Å². The molecule has 1 unspecified atom stereocenters. The molecule has 0 spiro atoms. The Hall–Kier alpha value is -2.82. The molecule has 1 aliphatic rings. The molecule has 4 heterocycles. The summed E-state index contributed by atoms with van der Waals surface area (Å²) >= 11 is 0. The average Bonchev–Trinajstić information content (AvgIpc) is 3.22. The Balaban J connectivity index is 1.45. The number of phosphoric ester groups is 1. The van der Waals surface area contributed by atoms with Crippen LogP contribution in [0.2, 0.25) is 0 Å². The van der Waals surface area contributed by atoms with Gasteiger partial charge in [0.2, 0.25) is 0 Å². The van der Waals surface area contributed by atoms with Crippen molar-refractivity contribution >= 4 is 19.5 Å². The molecule has 0 aromatic carbocycles. The van der Waals surface area contributed by atoms with Crippen molar-refractivity contribution < 1.29 is 32.7 Å². The minimum atomic E-state index is -4.86. The molecule has 4 rings (SSSR count). The van der Waals surface area contributed by atoms with Gasteiger partial charge in [-0.05, 0) is 23.8 Å². The first-order valence-corrected chi connectivity index (χ1v) is 11.1. The SMILES string of the molecule is Nc1c(-c2cc(Cc3ccc(N4CCOCC4)nc3)no2)ccc[n+]1COP(=O)([O-])O. The van der Waals surface area contributed by atoms with Gasteiger partial charge in [0.15, 0.2) is 12.5 Å². The fourth-order valence-corrected chi connectivity index (χ4v) is 3.52. The summed E-state index contributed by atoms with van der Waals surface area (Å²) in [6.45, 7) is 2.60. The van der Waals surface area contributed by atoms with E-state index < -0.39 is 14.6 Å². The molecule has 1 fully saturated rings. The van der Waals surface area contributed by atoms with Gasteiger partial charge in [0, 0.05) is 31.8 Å². The van der Waals surface area contributed by atoms with Crippen LogP contribution in [0.15, 0.2) is 47.2 Å². The van der Waals surface area contributed by atoms with Crippen molar-refractivity contribution in [1.82, 2.24) is 10.1 Å². The number of hydrogen-bond donors (Lipinski definition) is 2. The predicted octanol–water partition coefficient (Wildman–Crippen LogP) is 0.468. The summed E-state index contributed by atoms with van der Waals surface area (Å²) in [5, 5.41) is 4.10. The molecule has 1 saturated heterocycles. The molecule has 1 aliphatic heterocycles. The lowest BCUT2D eigenvalue weighted by atomic mass is 10.1. The van der Waals surface area contributed by atoms with E-state index in [4.69, 9.17) is 19.9 Å². The first-order valence-electron chi connectivity index (χ1n) is 9.59. The van der Waals surface area contributed by atoms with E-state index in [2.05, 4.69) is 19.6 Å². The van der Waals surface area contributed by atoms with Gasteiger partial charge in [0.25, 0.3) is 13.6 Å². The third kappa shape index (κ3) is 5.46. The monoisotopic (exact) mass is 447 g/mol. The first-order chi connectivity index (χ1) is 14.9. The smallest absolute Gasteiger partial charge is 0.285 e. The van der Waals surface area contributed by atoms with Crippen LogP contribution >= 0.6 is 7.82 Å². The van der Waals surface area contributed by atoms with E-state index in [0.29, 0.717) is 36.7 Å². The number of pyridine rings is 2. The van der Waals surface area contributed by atoms with E-state index in [9.17, 15) is 9.46 Å². The summed E-state index contributed by atoms with van der Waals surface area (Å²) in [5.74, 6) is 1.55. The lowest BCUT2D eigenvalue weighted by Crippen LogP contribution is -2.38. The van der Waals surface area contributed by atoms with Gasteiger partial charge in [0.1, 0.15) is 11.4 Å². The van der Waals surface area contributed by atoms with E-state index in [1.807, 2.05) is 18.3 Å². The van der Waals surface area contributed by atoms with Crippen LogP contribution in [0.1, 0.15) is 11.3 Å². The zero-order valence-corrected chi connectivity index (χ0v) is 17.5. The number of nitrogens with zero attached hydrogens (tertiary/aromatic N) is 4. The number of aromatic nitrogens is 3. The molecule has 0 saturated carbocycles. The van der Waals surface area contributed by atoms with Gasteiger partial charge in [-0.25, -0.2) is 9.55 Å². The number of rotatable bonds is 7. The molecule has 0 amide bonds. The summed E-state index contributed by atoms with van der Waals surface area (Å²) in [6.07, 6.45) is 3.87.